The van der Waals surface area contributed by atoms with E-state index in [1.54, 1.807) is 0 Å². The lowest BCUT2D eigenvalue weighted by molar-refractivity contribution is 0.326. The number of aryl methyl sites for hydroxylation is 1. The van der Waals surface area contributed by atoms with Gasteiger partial charge in [0.05, 0.1) is 6.61 Å². The molecule has 0 saturated heterocycles. The Hall–Kier alpha value is -1.03. The zero-order valence-corrected chi connectivity index (χ0v) is 10.7. The fourth-order valence-electron chi connectivity index (χ4n) is 1.22. The Morgan fingerprint density at radius 3 is 2.88 bits per heavy atom. The minimum Gasteiger partial charge on any atom is -0.478 e. The summed E-state index contributed by atoms with van der Waals surface area (Å²) < 4.78 is 5.34. The second-order valence-electron chi connectivity index (χ2n) is 3.60. The summed E-state index contributed by atoms with van der Waals surface area (Å²) in [5.41, 5.74) is 0.889. The van der Waals surface area contributed by atoms with E-state index in [2.05, 4.69) is 15.3 Å². The second kappa shape index (κ2) is 6.53. The molecule has 0 aliphatic rings. The summed E-state index contributed by atoms with van der Waals surface area (Å²) in [6, 6.07) is 1.82. The molecule has 1 unspecified atom stereocenters. The molecule has 0 bridgehead atoms. The first-order valence-corrected chi connectivity index (χ1v) is 5.92. The zero-order chi connectivity index (χ0) is 12.0. The van der Waals surface area contributed by atoms with E-state index in [4.69, 9.17) is 16.3 Å². The quantitative estimate of drug-likeness (QED) is 0.781. The molecule has 0 aromatic carbocycles. The summed E-state index contributed by atoms with van der Waals surface area (Å²) in [5.74, 6) is 1.21. The molecule has 90 valence electrons. The van der Waals surface area contributed by atoms with Crippen LogP contribution in [0.2, 0.25) is 0 Å². The molecule has 16 heavy (non-hydrogen) atoms. The van der Waals surface area contributed by atoms with Gasteiger partial charge in [-0.1, -0.05) is 0 Å². The number of rotatable bonds is 6. The lowest BCUT2D eigenvalue weighted by Gasteiger charge is -2.08. The van der Waals surface area contributed by atoms with Crippen LogP contribution in [0.1, 0.15) is 26.0 Å². The number of anilines is 1. The van der Waals surface area contributed by atoms with E-state index in [0.717, 1.165) is 18.7 Å². The predicted octanol–water partition coefficient (Wildman–Crippen LogP) is 2.61. The molecule has 5 heteroatoms. The number of hydrogen-bond acceptors (Lipinski definition) is 4. The van der Waals surface area contributed by atoms with Crippen molar-refractivity contribution in [2.45, 2.75) is 32.6 Å². The van der Waals surface area contributed by atoms with E-state index < -0.39 is 0 Å². The van der Waals surface area contributed by atoms with Crippen LogP contribution in [0.4, 0.5) is 5.95 Å². The highest BCUT2D eigenvalue weighted by molar-refractivity contribution is 6.20. The summed E-state index contributed by atoms with van der Waals surface area (Å²) in [6.07, 6.45) is 0.878. The van der Waals surface area contributed by atoms with Gasteiger partial charge < -0.3 is 10.1 Å². The van der Waals surface area contributed by atoms with Crippen LogP contribution in [-0.4, -0.2) is 28.5 Å². The fourth-order valence-corrected chi connectivity index (χ4v) is 1.33. The van der Waals surface area contributed by atoms with Gasteiger partial charge in [0.15, 0.2) is 0 Å². The van der Waals surface area contributed by atoms with Gasteiger partial charge in [-0.15, -0.1) is 11.6 Å². The van der Waals surface area contributed by atoms with Crippen molar-refractivity contribution in [2.24, 2.45) is 0 Å². The number of nitrogens with one attached hydrogen (secondary N) is 1. The molecule has 0 fully saturated rings. The molecule has 4 nitrogen and oxygen atoms in total. The SMILES string of the molecule is CCOc1cc(C)nc(NCCC(C)Cl)n1. The highest BCUT2D eigenvalue weighted by atomic mass is 35.5. The maximum absolute atomic E-state index is 5.85. The number of halogens is 1. The summed E-state index contributed by atoms with van der Waals surface area (Å²) in [7, 11) is 0. The molecular formula is C11H18ClN3O. The Labute approximate surface area is 101 Å². The summed E-state index contributed by atoms with van der Waals surface area (Å²) in [5, 5.41) is 3.29. The van der Waals surface area contributed by atoms with Crippen molar-refractivity contribution in [1.82, 2.24) is 9.97 Å². The Balaban J connectivity index is 2.58. The number of ether oxygens (including phenoxy) is 1. The Bertz CT molecular complexity index is 331. The number of nitrogens with zero attached hydrogens (tertiary/aromatic N) is 2. The van der Waals surface area contributed by atoms with Crippen molar-refractivity contribution < 1.29 is 4.74 Å². The third-order valence-corrected chi connectivity index (χ3v) is 2.17. The molecule has 1 aromatic rings. The average Bonchev–Trinajstić information content (AvgIpc) is 2.16. The molecule has 1 N–H and O–H groups in total. The van der Waals surface area contributed by atoms with Crippen LogP contribution in [0, 0.1) is 6.92 Å². The van der Waals surface area contributed by atoms with Gasteiger partial charge in [0.1, 0.15) is 0 Å². The number of alkyl halides is 1. The first kappa shape index (κ1) is 13.0. The largest absolute Gasteiger partial charge is 0.478 e. The van der Waals surface area contributed by atoms with Crippen LogP contribution >= 0.6 is 11.6 Å². The average molecular weight is 244 g/mol. The molecule has 1 atom stereocenters. The Morgan fingerprint density at radius 2 is 2.25 bits per heavy atom. The lowest BCUT2D eigenvalue weighted by atomic mass is 10.3. The molecule has 1 rings (SSSR count). The van der Waals surface area contributed by atoms with Gasteiger partial charge in [-0.05, 0) is 27.2 Å². The first-order chi connectivity index (χ1) is 7.61. The minimum absolute atomic E-state index is 0.156. The van der Waals surface area contributed by atoms with Crippen molar-refractivity contribution in [3.8, 4) is 5.88 Å². The third-order valence-electron chi connectivity index (χ3n) is 1.95. The number of hydrogen-bond donors (Lipinski definition) is 1. The first-order valence-electron chi connectivity index (χ1n) is 5.48. The molecule has 0 spiro atoms. The van der Waals surface area contributed by atoms with Crippen LogP contribution < -0.4 is 10.1 Å². The van der Waals surface area contributed by atoms with Gasteiger partial charge in [0.2, 0.25) is 11.8 Å². The van der Waals surface area contributed by atoms with E-state index >= 15 is 0 Å². The molecule has 0 radical (unpaired) electrons. The van der Waals surface area contributed by atoms with Gasteiger partial charge in [0.25, 0.3) is 0 Å². The van der Waals surface area contributed by atoms with Crippen molar-refractivity contribution in [1.29, 1.82) is 0 Å². The smallest absolute Gasteiger partial charge is 0.226 e. The number of aromatic nitrogens is 2. The van der Waals surface area contributed by atoms with Crippen molar-refractivity contribution in [3.63, 3.8) is 0 Å². The highest BCUT2D eigenvalue weighted by Gasteiger charge is 2.03. The highest BCUT2D eigenvalue weighted by Crippen LogP contribution is 2.12. The fraction of sp³-hybridized carbons (Fsp3) is 0.636. The maximum Gasteiger partial charge on any atom is 0.226 e. The van der Waals surface area contributed by atoms with Crippen LogP contribution in [-0.2, 0) is 0 Å². The normalized spacial score (nSPS) is 12.2. The molecule has 0 saturated carbocycles. The second-order valence-corrected chi connectivity index (χ2v) is 4.35. The van der Waals surface area contributed by atoms with Crippen LogP contribution in [0.25, 0.3) is 0 Å². The minimum atomic E-state index is 0.156. The van der Waals surface area contributed by atoms with Crippen LogP contribution in [0.5, 0.6) is 5.88 Å². The van der Waals surface area contributed by atoms with Crippen LogP contribution in [0.3, 0.4) is 0 Å². The van der Waals surface area contributed by atoms with E-state index in [-0.39, 0.29) is 5.38 Å². The molecule has 0 aliphatic heterocycles. The van der Waals surface area contributed by atoms with Crippen LogP contribution in [0.15, 0.2) is 6.07 Å². The predicted molar refractivity (Wildman–Crippen MR) is 66.4 cm³/mol. The van der Waals surface area contributed by atoms with Crippen molar-refractivity contribution in [3.05, 3.63) is 11.8 Å². The molecule has 1 aromatic heterocycles. The Kier molecular flexibility index (Phi) is 5.32. The Morgan fingerprint density at radius 1 is 1.50 bits per heavy atom. The topological polar surface area (TPSA) is 47.0 Å². The molecular weight excluding hydrogens is 226 g/mol. The van der Waals surface area contributed by atoms with E-state index in [1.165, 1.54) is 0 Å². The van der Waals surface area contributed by atoms with E-state index in [1.807, 2.05) is 26.8 Å². The molecule has 0 amide bonds. The van der Waals surface area contributed by atoms with Gasteiger partial charge in [0, 0.05) is 23.7 Å². The van der Waals surface area contributed by atoms with Gasteiger partial charge in [-0.3, -0.25) is 0 Å². The zero-order valence-electron chi connectivity index (χ0n) is 9.96. The third kappa shape index (κ3) is 4.66. The van der Waals surface area contributed by atoms with E-state index in [9.17, 15) is 0 Å². The lowest BCUT2D eigenvalue weighted by Crippen LogP contribution is -2.10. The van der Waals surface area contributed by atoms with Gasteiger partial charge in [-0.2, -0.15) is 4.98 Å². The van der Waals surface area contributed by atoms with Gasteiger partial charge >= 0.3 is 0 Å². The summed E-state index contributed by atoms with van der Waals surface area (Å²) in [6.45, 7) is 7.18. The summed E-state index contributed by atoms with van der Waals surface area (Å²) >= 11 is 5.85. The van der Waals surface area contributed by atoms with E-state index in [0.29, 0.717) is 18.4 Å². The van der Waals surface area contributed by atoms with Crippen molar-refractivity contribution in [2.75, 3.05) is 18.5 Å². The van der Waals surface area contributed by atoms with Gasteiger partial charge in [-0.25, -0.2) is 4.98 Å². The monoisotopic (exact) mass is 243 g/mol. The maximum atomic E-state index is 5.85. The standard InChI is InChI=1S/C11H18ClN3O/c1-4-16-10-7-9(3)14-11(15-10)13-6-5-8(2)12/h7-8H,4-6H2,1-3H3,(H,13,14,15). The van der Waals surface area contributed by atoms with Crippen molar-refractivity contribution >= 4 is 17.5 Å². The summed E-state index contributed by atoms with van der Waals surface area (Å²) in [4.78, 5) is 8.50. The molecule has 1 heterocycles. The molecule has 0 aliphatic carbocycles.